The number of nitrogens with zero attached hydrogens (tertiary/aromatic N) is 3. The van der Waals surface area contributed by atoms with Gasteiger partial charge in [-0.15, -0.1) is 0 Å². The lowest BCUT2D eigenvalue weighted by Gasteiger charge is -2.34. The third-order valence-corrected chi connectivity index (χ3v) is 7.50. The number of ether oxygens (including phenoxy) is 1. The summed E-state index contributed by atoms with van der Waals surface area (Å²) in [6.45, 7) is 4.97. The minimum Gasteiger partial charge on any atom is -0.456 e. The summed E-state index contributed by atoms with van der Waals surface area (Å²) < 4.78 is 33.3. The van der Waals surface area contributed by atoms with Crippen LogP contribution >= 0.6 is 0 Å². The van der Waals surface area contributed by atoms with Crippen molar-refractivity contribution in [3.63, 3.8) is 0 Å². The average molecular weight is 452 g/mol. The van der Waals surface area contributed by atoms with E-state index in [-0.39, 0.29) is 19.0 Å². The quantitative estimate of drug-likeness (QED) is 0.592. The van der Waals surface area contributed by atoms with Crippen LogP contribution in [0.2, 0.25) is 0 Å². The molecule has 0 radical (unpaired) electrons. The van der Waals surface area contributed by atoms with Crippen molar-refractivity contribution in [3.8, 4) is 11.5 Å². The fourth-order valence-corrected chi connectivity index (χ4v) is 5.38. The van der Waals surface area contributed by atoms with Gasteiger partial charge in [-0.25, -0.2) is 8.42 Å². The average Bonchev–Trinajstić information content (AvgIpc) is 2.80. The predicted octanol–water partition coefficient (Wildman–Crippen LogP) is 3.64. The van der Waals surface area contributed by atoms with Crippen molar-refractivity contribution in [2.24, 2.45) is 0 Å². The Hall–Kier alpha value is -3.23. The van der Waals surface area contributed by atoms with Gasteiger partial charge < -0.3 is 9.64 Å². The van der Waals surface area contributed by atoms with Gasteiger partial charge in [0.25, 0.3) is 5.91 Å². The van der Waals surface area contributed by atoms with Crippen molar-refractivity contribution < 1.29 is 17.9 Å². The Balaban J connectivity index is 1.39. The molecule has 4 rings (SSSR count). The van der Waals surface area contributed by atoms with E-state index in [4.69, 9.17) is 4.74 Å². The van der Waals surface area contributed by atoms with E-state index >= 15 is 0 Å². The molecule has 0 bridgehead atoms. The fourth-order valence-electron chi connectivity index (χ4n) is 3.75. The molecule has 32 heavy (non-hydrogen) atoms. The largest absolute Gasteiger partial charge is 0.456 e. The first-order valence-electron chi connectivity index (χ1n) is 10.4. The molecule has 166 valence electrons. The second-order valence-electron chi connectivity index (χ2n) is 7.78. The van der Waals surface area contributed by atoms with Gasteiger partial charge in [-0.3, -0.25) is 9.78 Å². The summed E-state index contributed by atoms with van der Waals surface area (Å²) in [5.74, 6) is 1.10. The van der Waals surface area contributed by atoms with Crippen molar-refractivity contribution in [2.45, 2.75) is 18.7 Å². The summed E-state index contributed by atoms with van der Waals surface area (Å²) in [4.78, 5) is 18.9. The molecule has 0 spiro atoms. The van der Waals surface area contributed by atoms with Crippen LogP contribution in [-0.4, -0.2) is 54.7 Å². The van der Waals surface area contributed by atoms with E-state index in [9.17, 15) is 13.2 Å². The molecule has 7 nitrogen and oxygen atoms in total. The smallest absolute Gasteiger partial charge is 0.253 e. The van der Waals surface area contributed by atoms with Gasteiger partial charge in [-0.2, -0.15) is 4.31 Å². The summed E-state index contributed by atoms with van der Waals surface area (Å²) >= 11 is 0. The summed E-state index contributed by atoms with van der Waals surface area (Å²) in [5, 5.41) is 0. The molecule has 0 atom stereocenters. The van der Waals surface area contributed by atoms with Crippen molar-refractivity contribution in [3.05, 3.63) is 83.7 Å². The molecule has 2 aromatic carbocycles. The zero-order valence-electron chi connectivity index (χ0n) is 18.1. The van der Waals surface area contributed by atoms with Crippen LogP contribution in [0.15, 0.2) is 71.9 Å². The van der Waals surface area contributed by atoms with E-state index in [1.807, 2.05) is 13.0 Å². The number of piperazine rings is 1. The normalized spacial score (nSPS) is 14.9. The van der Waals surface area contributed by atoms with Crippen LogP contribution in [0.1, 0.15) is 21.5 Å². The van der Waals surface area contributed by atoms with Crippen LogP contribution in [-0.2, 0) is 10.0 Å². The van der Waals surface area contributed by atoms with Crippen LogP contribution in [0.4, 0.5) is 0 Å². The van der Waals surface area contributed by atoms with Gasteiger partial charge in [0.1, 0.15) is 11.5 Å². The van der Waals surface area contributed by atoms with Crippen molar-refractivity contribution in [1.29, 1.82) is 0 Å². The molecule has 0 N–H and O–H groups in total. The molecule has 1 aliphatic heterocycles. The number of pyridine rings is 1. The Labute approximate surface area is 188 Å². The summed E-state index contributed by atoms with van der Waals surface area (Å²) in [6.07, 6.45) is 3.28. The number of sulfonamides is 1. The third-order valence-electron chi connectivity index (χ3n) is 5.45. The van der Waals surface area contributed by atoms with E-state index in [0.29, 0.717) is 35.0 Å². The highest BCUT2D eigenvalue weighted by molar-refractivity contribution is 7.89. The molecule has 1 fully saturated rings. The number of hydrogen-bond donors (Lipinski definition) is 0. The van der Waals surface area contributed by atoms with E-state index in [1.54, 1.807) is 72.7 Å². The van der Waals surface area contributed by atoms with Gasteiger partial charge in [0.15, 0.2) is 0 Å². The molecule has 1 saturated heterocycles. The molecular formula is C24H25N3O4S. The number of rotatable bonds is 5. The standard InChI is InChI=1S/C24H25N3O4S/c1-18-5-10-23(19(2)16-18)32(29,30)27-14-12-26(13-15-27)24(28)20-6-8-21(9-7-20)31-22-4-3-11-25-17-22/h3-11,16-17H,12-15H2,1-2H3. The topological polar surface area (TPSA) is 79.8 Å². The van der Waals surface area contributed by atoms with Crippen molar-refractivity contribution in [2.75, 3.05) is 26.2 Å². The number of hydrogen-bond acceptors (Lipinski definition) is 5. The van der Waals surface area contributed by atoms with Crippen LogP contribution in [0.25, 0.3) is 0 Å². The highest BCUT2D eigenvalue weighted by Crippen LogP contribution is 2.24. The maximum atomic E-state index is 13.1. The molecule has 0 saturated carbocycles. The monoisotopic (exact) mass is 451 g/mol. The molecular weight excluding hydrogens is 426 g/mol. The first-order chi connectivity index (χ1) is 15.3. The molecule has 1 aliphatic rings. The lowest BCUT2D eigenvalue weighted by Crippen LogP contribution is -2.50. The zero-order valence-corrected chi connectivity index (χ0v) is 18.9. The van der Waals surface area contributed by atoms with Crippen LogP contribution in [0.3, 0.4) is 0 Å². The Morgan fingerprint density at radius 2 is 1.66 bits per heavy atom. The van der Waals surface area contributed by atoms with Crippen molar-refractivity contribution >= 4 is 15.9 Å². The molecule has 3 aromatic rings. The Morgan fingerprint density at radius 3 is 2.28 bits per heavy atom. The first-order valence-corrected chi connectivity index (χ1v) is 11.8. The summed E-state index contributed by atoms with van der Waals surface area (Å²) in [5.41, 5.74) is 2.29. The van der Waals surface area contributed by atoms with Gasteiger partial charge in [0, 0.05) is 37.9 Å². The molecule has 2 heterocycles. The zero-order chi connectivity index (χ0) is 22.7. The van der Waals surface area contributed by atoms with Crippen LogP contribution in [0.5, 0.6) is 11.5 Å². The molecule has 8 heteroatoms. The SMILES string of the molecule is Cc1ccc(S(=O)(=O)N2CCN(C(=O)c3ccc(Oc4cccnc4)cc3)CC2)c(C)c1. The maximum Gasteiger partial charge on any atom is 0.253 e. The minimum absolute atomic E-state index is 0.124. The molecule has 0 unspecified atom stereocenters. The summed E-state index contributed by atoms with van der Waals surface area (Å²) in [7, 11) is -3.58. The van der Waals surface area contributed by atoms with Crippen molar-refractivity contribution in [1.82, 2.24) is 14.2 Å². The van der Waals surface area contributed by atoms with Gasteiger partial charge in [-0.1, -0.05) is 17.7 Å². The van der Waals surface area contributed by atoms with Crippen LogP contribution in [0, 0.1) is 13.8 Å². The number of aromatic nitrogens is 1. The summed E-state index contributed by atoms with van der Waals surface area (Å²) in [6, 6.07) is 15.8. The van der Waals surface area contributed by atoms with Gasteiger partial charge in [0.2, 0.25) is 10.0 Å². The molecule has 0 aliphatic carbocycles. The highest BCUT2D eigenvalue weighted by Gasteiger charge is 2.31. The number of carbonyl (C=O) groups is 1. The third kappa shape index (κ3) is 4.66. The second kappa shape index (κ2) is 9.10. The Bertz CT molecular complexity index is 1200. The lowest BCUT2D eigenvalue weighted by atomic mass is 10.2. The van der Waals surface area contributed by atoms with E-state index in [2.05, 4.69) is 4.98 Å². The lowest BCUT2D eigenvalue weighted by molar-refractivity contribution is 0.0698. The van der Waals surface area contributed by atoms with Gasteiger partial charge in [0.05, 0.1) is 11.1 Å². The molecule has 1 aromatic heterocycles. The first kappa shape index (κ1) is 22.0. The fraction of sp³-hybridized carbons (Fsp3) is 0.250. The Kier molecular flexibility index (Phi) is 6.25. The highest BCUT2D eigenvalue weighted by atomic mass is 32.2. The van der Waals surface area contributed by atoms with Gasteiger partial charge >= 0.3 is 0 Å². The van der Waals surface area contributed by atoms with E-state index in [1.165, 1.54) is 4.31 Å². The Morgan fingerprint density at radius 1 is 0.938 bits per heavy atom. The molecule has 1 amide bonds. The maximum absolute atomic E-state index is 13.1. The number of amides is 1. The van der Waals surface area contributed by atoms with E-state index < -0.39 is 10.0 Å². The number of benzene rings is 2. The number of carbonyl (C=O) groups excluding carboxylic acids is 1. The van der Waals surface area contributed by atoms with E-state index in [0.717, 1.165) is 11.1 Å². The minimum atomic E-state index is -3.58. The van der Waals surface area contributed by atoms with Crippen LogP contribution < -0.4 is 4.74 Å². The van der Waals surface area contributed by atoms with Gasteiger partial charge in [-0.05, 0) is 61.9 Å². The number of aryl methyl sites for hydroxylation is 2. The predicted molar refractivity (Wildman–Crippen MR) is 121 cm³/mol. The second-order valence-corrected chi connectivity index (χ2v) is 9.69.